The molecule has 0 heterocycles. The number of benzene rings is 1. The molecule has 2 atom stereocenters. The third-order valence-electron chi connectivity index (χ3n) is 3.46. The van der Waals surface area contributed by atoms with Gasteiger partial charge in [-0.3, -0.25) is 4.79 Å². The standard InChI is InChI=1S/C14H20N2O/c1-10-7-8-13(16-14(17)9-15-2)12-6-4-3-5-11(10)12/h3-6,10,13,15H,7-9H2,1-2H3,(H,16,17). The smallest absolute Gasteiger partial charge is 0.234 e. The zero-order chi connectivity index (χ0) is 12.3. The highest BCUT2D eigenvalue weighted by Crippen LogP contribution is 2.36. The number of nitrogens with one attached hydrogen (secondary N) is 2. The Kier molecular flexibility index (Phi) is 3.79. The van der Waals surface area contributed by atoms with Gasteiger partial charge in [0, 0.05) is 0 Å². The Bertz CT molecular complexity index is 403. The Hall–Kier alpha value is -1.35. The van der Waals surface area contributed by atoms with Crippen molar-refractivity contribution in [1.82, 2.24) is 10.6 Å². The predicted octanol–water partition coefficient (Wildman–Crippen LogP) is 1.96. The summed E-state index contributed by atoms with van der Waals surface area (Å²) in [6.45, 7) is 2.64. The van der Waals surface area contributed by atoms with Gasteiger partial charge in [-0.05, 0) is 36.9 Å². The lowest BCUT2D eigenvalue weighted by atomic mass is 9.81. The lowest BCUT2D eigenvalue weighted by Gasteiger charge is -2.30. The molecule has 0 spiro atoms. The van der Waals surface area contributed by atoms with Gasteiger partial charge in [0.2, 0.25) is 5.91 Å². The fraction of sp³-hybridized carbons (Fsp3) is 0.500. The maximum absolute atomic E-state index is 11.6. The summed E-state index contributed by atoms with van der Waals surface area (Å²) >= 11 is 0. The molecule has 3 heteroatoms. The summed E-state index contributed by atoms with van der Waals surface area (Å²) in [6, 6.07) is 8.62. The highest BCUT2D eigenvalue weighted by molar-refractivity contribution is 5.78. The van der Waals surface area contributed by atoms with E-state index in [1.807, 2.05) is 6.07 Å². The average Bonchev–Trinajstić information content (AvgIpc) is 2.34. The molecular weight excluding hydrogens is 212 g/mol. The molecule has 1 aliphatic carbocycles. The zero-order valence-electron chi connectivity index (χ0n) is 10.5. The first-order chi connectivity index (χ1) is 8.22. The molecule has 0 radical (unpaired) electrons. The van der Waals surface area contributed by atoms with Gasteiger partial charge in [0.1, 0.15) is 0 Å². The predicted molar refractivity (Wildman–Crippen MR) is 68.9 cm³/mol. The number of hydrogen-bond donors (Lipinski definition) is 2. The minimum absolute atomic E-state index is 0.0712. The monoisotopic (exact) mass is 232 g/mol. The van der Waals surface area contributed by atoms with Crippen molar-refractivity contribution < 1.29 is 4.79 Å². The molecule has 0 aliphatic heterocycles. The molecule has 0 fully saturated rings. The number of carbonyl (C=O) groups excluding carboxylic acids is 1. The molecule has 92 valence electrons. The second kappa shape index (κ2) is 5.32. The molecule has 2 rings (SSSR count). The number of fused-ring (bicyclic) bond motifs is 1. The number of carbonyl (C=O) groups is 1. The lowest BCUT2D eigenvalue weighted by molar-refractivity contribution is -0.121. The summed E-state index contributed by atoms with van der Waals surface area (Å²) < 4.78 is 0. The summed E-state index contributed by atoms with van der Waals surface area (Å²) in [7, 11) is 1.79. The number of hydrogen-bond acceptors (Lipinski definition) is 2. The van der Waals surface area contributed by atoms with Crippen molar-refractivity contribution in [3.8, 4) is 0 Å². The molecule has 1 aromatic carbocycles. The maximum Gasteiger partial charge on any atom is 0.234 e. The molecule has 0 aromatic heterocycles. The number of amides is 1. The molecule has 0 saturated carbocycles. The first-order valence-corrected chi connectivity index (χ1v) is 6.25. The van der Waals surface area contributed by atoms with E-state index in [4.69, 9.17) is 0 Å². The molecule has 1 aliphatic rings. The van der Waals surface area contributed by atoms with Crippen LogP contribution in [0, 0.1) is 0 Å². The highest BCUT2D eigenvalue weighted by atomic mass is 16.1. The van der Waals surface area contributed by atoms with Crippen molar-refractivity contribution in [2.24, 2.45) is 0 Å². The van der Waals surface area contributed by atoms with Gasteiger partial charge in [-0.15, -0.1) is 0 Å². The molecule has 1 amide bonds. The van der Waals surface area contributed by atoms with Crippen LogP contribution in [0.4, 0.5) is 0 Å². The van der Waals surface area contributed by atoms with E-state index < -0.39 is 0 Å². The van der Waals surface area contributed by atoms with Crippen LogP contribution in [0.3, 0.4) is 0 Å². The van der Waals surface area contributed by atoms with Crippen LogP contribution in [0.15, 0.2) is 24.3 Å². The van der Waals surface area contributed by atoms with E-state index in [1.165, 1.54) is 11.1 Å². The lowest BCUT2D eigenvalue weighted by Crippen LogP contribution is -2.36. The third-order valence-corrected chi connectivity index (χ3v) is 3.46. The van der Waals surface area contributed by atoms with Crippen LogP contribution < -0.4 is 10.6 Å². The Labute approximate surface area is 103 Å². The molecular formula is C14H20N2O. The largest absolute Gasteiger partial charge is 0.348 e. The van der Waals surface area contributed by atoms with E-state index in [0.29, 0.717) is 12.5 Å². The van der Waals surface area contributed by atoms with Gasteiger partial charge in [-0.1, -0.05) is 31.2 Å². The SMILES string of the molecule is CNCC(=O)NC1CCC(C)c2ccccc21. The van der Waals surface area contributed by atoms with Crippen LogP contribution in [0.5, 0.6) is 0 Å². The molecule has 2 N–H and O–H groups in total. The van der Waals surface area contributed by atoms with Gasteiger partial charge in [0.15, 0.2) is 0 Å². The van der Waals surface area contributed by atoms with Crippen molar-refractivity contribution in [3.63, 3.8) is 0 Å². The molecule has 3 nitrogen and oxygen atoms in total. The van der Waals surface area contributed by atoms with Gasteiger partial charge in [0.05, 0.1) is 12.6 Å². The van der Waals surface area contributed by atoms with Crippen molar-refractivity contribution in [2.45, 2.75) is 31.7 Å². The molecule has 17 heavy (non-hydrogen) atoms. The fourth-order valence-electron chi connectivity index (χ4n) is 2.56. The number of likely N-dealkylation sites (N-methyl/N-ethyl adjacent to an activating group) is 1. The molecule has 0 bridgehead atoms. The minimum Gasteiger partial charge on any atom is -0.348 e. The van der Waals surface area contributed by atoms with Crippen LogP contribution in [-0.4, -0.2) is 19.5 Å². The number of rotatable bonds is 3. The first kappa shape index (κ1) is 12.1. The van der Waals surface area contributed by atoms with Crippen molar-refractivity contribution in [3.05, 3.63) is 35.4 Å². The van der Waals surface area contributed by atoms with Gasteiger partial charge < -0.3 is 10.6 Å². The van der Waals surface area contributed by atoms with Crippen LogP contribution >= 0.6 is 0 Å². The second-order valence-corrected chi connectivity index (χ2v) is 4.76. The molecule has 2 unspecified atom stereocenters. The van der Waals surface area contributed by atoms with Gasteiger partial charge in [-0.2, -0.15) is 0 Å². The van der Waals surface area contributed by atoms with Crippen LogP contribution in [0.2, 0.25) is 0 Å². The maximum atomic E-state index is 11.6. The van der Waals surface area contributed by atoms with E-state index in [9.17, 15) is 4.79 Å². The summed E-state index contributed by atoms with van der Waals surface area (Å²) in [4.78, 5) is 11.6. The topological polar surface area (TPSA) is 41.1 Å². The summed E-state index contributed by atoms with van der Waals surface area (Å²) in [5.74, 6) is 0.672. The summed E-state index contributed by atoms with van der Waals surface area (Å²) in [5, 5.41) is 5.97. The molecule has 1 aromatic rings. The third kappa shape index (κ3) is 2.67. The zero-order valence-corrected chi connectivity index (χ0v) is 10.5. The van der Waals surface area contributed by atoms with E-state index in [0.717, 1.165) is 12.8 Å². The van der Waals surface area contributed by atoms with Crippen molar-refractivity contribution >= 4 is 5.91 Å². The quantitative estimate of drug-likeness (QED) is 0.836. The average molecular weight is 232 g/mol. The van der Waals surface area contributed by atoms with Gasteiger partial charge >= 0.3 is 0 Å². The van der Waals surface area contributed by atoms with E-state index in [1.54, 1.807) is 7.05 Å². The van der Waals surface area contributed by atoms with Crippen LogP contribution in [0.25, 0.3) is 0 Å². The normalized spacial score (nSPS) is 22.9. The molecule has 0 saturated heterocycles. The Morgan fingerprint density at radius 1 is 1.29 bits per heavy atom. The Morgan fingerprint density at radius 2 is 2.00 bits per heavy atom. The van der Waals surface area contributed by atoms with Gasteiger partial charge in [0.25, 0.3) is 0 Å². The Morgan fingerprint density at radius 3 is 2.71 bits per heavy atom. The summed E-state index contributed by atoms with van der Waals surface area (Å²) in [6.07, 6.45) is 2.18. The van der Waals surface area contributed by atoms with E-state index >= 15 is 0 Å². The Balaban J connectivity index is 2.16. The van der Waals surface area contributed by atoms with Gasteiger partial charge in [-0.25, -0.2) is 0 Å². The van der Waals surface area contributed by atoms with E-state index in [2.05, 4.69) is 35.8 Å². The fourth-order valence-corrected chi connectivity index (χ4v) is 2.56. The highest BCUT2D eigenvalue weighted by Gasteiger charge is 2.25. The minimum atomic E-state index is 0.0712. The van der Waals surface area contributed by atoms with Crippen molar-refractivity contribution in [1.29, 1.82) is 0 Å². The van der Waals surface area contributed by atoms with Crippen molar-refractivity contribution in [2.75, 3.05) is 13.6 Å². The summed E-state index contributed by atoms with van der Waals surface area (Å²) in [5.41, 5.74) is 2.67. The van der Waals surface area contributed by atoms with Crippen LogP contribution in [-0.2, 0) is 4.79 Å². The van der Waals surface area contributed by atoms with Crippen LogP contribution in [0.1, 0.15) is 42.9 Å². The first-order valence-electron chi connectivity index (χ1n) is 6.25. The van der Waals surface area contributed by atoms with E-state index in [-0.39, 0.29) is 11.9 Å². The second-order valence-electron chi connectivity index (χ2n) is 4.76.